The molecule has 0 heterocycles. The van der Waals surface area contributed by atoms with E-state index in [9.17, 15) is 0 Å². The molecule has 0 aliphatic heterocycles. The molecule has 0 aromatic heterocycles. The second kappa shape index (κ2) is 10.1. The Hall–Kier alpha value is -2.00. The fraction of sp³-hybridized carbons (Fsp3) is 0.455. The molecule has 0 aliphatic carbocycles. The lowest BCUT2D eigenvalue weighted by Crippen LogP contribution is -2.12. The first kappa shape index (κ1) is 19.3. The summed E-state index contributed by atoms with van der Waals surface area (Å²) in [5.41, 5.74) is 5.28. The Bertz CT molecular complexity index is 607. The molecule has 0 saturated heterocycles. The molecule has 0 radical (unpaired) electrons. The molecule has 0 spiro atoms. The van der Waals surface area contributed by atoms with Crippen LogP contribution in [0, 0.1) is 13.8 Å². The van der Waals surface area contributed by atoms with E-state index in [2.05, 4.69) is 52.0 Å². The largest absolute Gasteiger partial charge is 0.491 e. The van der Waals surface area contributed by atoms with Crippen molar-refractivity contribution in [3.05, 3.63) is 58.7 Å². The van der Waals surface area contributed by atoms with E-state index < -0.39 is 0 Å². The van der Waals surface area contributed by atoms with Gasteiger partial charge in [-0.15, -0.1) is 0 Å². The number of hydrogen-bond donors (Lipinski definition) is 0. The van der Waals surface area contributed by atoms with Gasteiger partial charge in [-0.3, -0.25) is 0 Å². The molecular weight excluding hydrogens is 312 g/mol. The van der Waals surface area contributed by atoms with E-state index in [0.29, 0.717) is 26.4 Å². The van der Waals surface area contributed by atoms with Gasteiger partial charge < -0.3 is 14.2 Å². The Morgan fingerprint density at radius 2 is 1.08 bits per heavy atom. The maximum absolute atomic E-state index is 5.75. The third kappa shape index (κ3) is 6.09. The molecule has 0 fully saturated rings. The predicted octanol–water partition coefficient (Wildman–Crippen LogP) is 4.90. The molecular formula is C22H30O3. The fourth-order valence-corrected chi connectivity index (χ4v) is 2.78. The average molecular weight is 342 g/mol. The smallest absolute Gasteiger partial charge is 0.119 e. The van der Waals surface area contributed by atoms with Crippen molar-refractivity contribution in [2.75, 3.05) is 26.4 Å². The van der Waals surface area contributed by atoms with Crippen LogP contribution >= 0.6 is 0 Å². The van der Waals surface area contributed by atoms with E-state index in [0.717, 1.165) is 24.3 Å². The Morgan fingerprint density at radius 3 is 1.48 bits per heavy atom. The van der Waals surface area contributed by atoms with Crippen LogP contribution in [-0.4, -0.2) is 26.4 Å². The lowest BCUT2D eigenvalue weighted by molar-refractivity contribution is 0.0764. The van der Waals surface area contributed by atoms with Gasteiger partial charge in [0.05, 0.1) is 13.2 Å². The third-order valence-corrected chi connectivity index (χ3v) is 4.40. The first-order chi connectivity index (χ1) is 12.1. The van der Waals surface area contributed by atoms with Crippen molar-refractivity contribution < 1.29 is 14.2 Å². The SMILES string of the molecule is CCc1cc(OCCOCCOc2ccc(C)c(CC)c2)ccc1C. The first-order valence-corrected chi connectivity index (χ1v) is 9.16. The molecule has 2 rings (SSSR count). The molecule has 3 heteroatoms. The van der Waals surface area contributed by atoms with E-state index >= 15 is 0 Å². The second-order valence-corrected chi connectivity index (χ2v) is 6.19. The van der Waals surface area contributed by atoms with E-state index in [4.69, 9.17) is 14.2 Å². The van der Waals surface area contributed by atoms with Crippen LogP contribution in [-0.2, 0) is 17.6 Å². The van der Waals surface area contributed by atoms with Crippen LogP contribution < -0.4 is 9.47 Å². The van der Waals surface area contributed by atoms with Crippen molar-refractivity contribution in [2.45, 2.75) is 40.5 Å². The van der Waals surface area contributed by atoms with E-state index in [1.165, 1.54) is 22.3 Å². The second-order valence-electron chi connectivity index (χ2n) is 6.19. The Balaban J connectivity index is 1.62. The summed E-state index contributed by atoms with van der Waals surface area (Å²) in [6.07, 6.45) is 2.05. The Kier molecular flexibility index (Phi) is 7.80. The number of ether oxygens (including phenoxy) is 3. The predicted molar refractivity (Wildman–Crippen MR) is 103 cm³/mol. The summed E-state index contributed by atoms with van der Waals surface area (Å²) in [5, 5.41) is 0. The molecule has 0 amide bonds. The van der Waals surface area contributed by atoms with Crippen molar-refractivity contribution in [3.8, 4) is 11.5 Å². The van der Waals surface area contributed by atoms with Crippen LogP contribution in [0.4, 0.5) is 0 Å². The van der Waals surface area contributed by atoms with Crippen molar-refractivity contribution in [3.63, 3.8) is 0 Å². The minimum Gasteiger partial charge on any atom is -0.491 e. The van der Waals surface area contributed by atoms with E-state index in [-0.39, 0.29) is 0 Å². The zero-order chi connectivity index (χ0) is 18.1. The highest BCUT2D eigenvalue weighted by Gasteiger charge is 2.01. The van der Waals surface area contributed by atoms with Gasteiger partial charge in [0.15, 0.2) is 0 Å². The number of hydrogen-bond acceptors (Lipinski definition) is 3. The van der Waals surface area contributed by atoms with Gasteiger partial charge in [-0.25, -0.2) is 0 Å². The minimum atomic E-state index is 0.552. The zero-order valence-electron chi connectivity index (χ0n) is 15.9. The third-order valence-electron chi connectivity index (χ3n) is 4.40. The van der Waals surface area contributed by atoms with Gasteiger partial charge in [-0.2, -0.15) is 0 Å². The van der Waals surface area contributed by atoms with Gasteiger partial charge in [0, 0.05) is 0 Å². The number of aryl methyl sites for hydroxylation is 4. The molecule has 2 aromatic carbocycles. The van der Waals surface area contributed by atoms with Crippen molar-refractivity contribution in [2.24, 2.45) is 0 Å². The fourth-order valence-electron chi connectivity index (χ4n) is 2.78. The molecule has 136 valence electrons. The summed E-state index contributed by atoms with van der Waals surface area (Å²) in [6.45, 7) is 10.8. The maximum Gasteiger partial charge on any atom is 0.119 e. The lowest BCUT2D eigenvalue weighted by Gasteiger charge is -2.11. The molecule has 0 bridgehead atoms. The highest BCUT2D eigenvalue weighted by Crippen LogP contribution is 2.18. The Morgan fingerprint density at radius 1 is 0.640 bits per heavy atom. The molecule has 0 N–H and O–H groups in total. The molecule has 3 nitrogen and oxygen atoms in total. The average Bonchev–Trinajstić information content (AvgIpc) is 2.63. The normalized spacial score (nSPS) is 10.7. The van der Waals surface area contributed by atoms with Gasteiger partial charge in [0.2, 0.25) is 0 Å². The lowest BCUT2D eigenvalue weighted by atomic mass is 10.1. The van der Waals surface area contributed by atoms with E-state index in [1.54, 1.807) is 0 Å². The minimum absolute atomic E-state index is 0.552. The topological polar surface area (TPSA) is 27.7 Å². The zero-order valence-corrected chi connectivity index (χ0v) is 15.9. The summed E-state index contributed by atoms with van der Waals surface area (Å²) in [6, 6.07) is 12.5. The molecule has 0 unspecified atom stereocenters. The van der Waals surface area contributed by atoms with Crippen molar-refractivity contribution in [1.82, 2.24) is 0 Å². The molecule has 25 heavy (non-hydrogen) atoms. The molecule has 0 atom stereocenters. The maximum atomic E-state index is 5.75. The molecule has 2 aromatic rings. The number of rotatable bonds is 10. The highest BCUT2D eigenvalue weighted by molar-refractivity contribution is 5.35. The van der Waals surface area contributed by atoms with Gasteiger partial charge >= 0.3 is 0 Å². The van der Waals surface area contributed by atoms with Gasteiger partial charge in [0.1, 0.15) is 24.7 Å². The van der Waals surface area contributed by atoms with Crippen LogP contribution in [0.2, 0.25) is 0 Å². The van der Waals surface area contributed by atoms with Gasteiger partial charge in [-0.1, -0.05) is 26.0 Å². The summed E-state index contributed by atoms with van der Waals surface area (Å²) in [7, 11) is 0. The summed E-state index contributed by atoms with van der Waals surface area (Å²) in [5.74, 6) is 1.82. The standard InChI is InChI=1S/C22H30O3/c1-5-19-15-21(9-7-17(19)3)24-13-11-23-12-14-25-22-10-8-18(4)20(6-2)16-22/h7-10,15-16H,5-6,11-14H2,1-4H3. The van der Waals surface area contributed by atoms with Crippen LogP contribution in [0.3, 0.4) is 0 Å². The number of benzene rings is 2. The first-order valence-electron chi connectivity index (χ1n) is 9.16. The van der Waals surface area contributed by atoms with Gasteiger partial charge in [0.25, 0.3) is 0 Å². The van der Waals surface area contributed by atoms with Crippen LogP contribution in [0.1, 0.15) is 36.1 Å². The van der Waals surface area contributed by atoms with E-state index in [1.807, 2.05) is 12.1 Å². The highest BCUT2D eigenvalue weighted by atomic mass is 16.5. The van der Waals surface area contributed by atoms with Crippen molar-refractivity contribution >= 4 is 0 Å². The quantitative estimate of drug-likeness (QED) is 0.575. The van der Waals surface area contributed by atoms with Crippen LogP contribution in [0.15, 0.2) is 36.4 Å². The van der Waals surface area contributed by atoms with Crippen molar-refractivity contribution in [1.29, 1.82) is 0 Å². The molecule has 0 aliphatic rings. The summed E-state index contributed by atoms with van der Waals surface area (Å²) >= 11 is 0. The Labute approximate surface area is 151 Å². The van der Waals surface area contributed by atoms with Crippen LogP contribution in [0.5, 0.6) is 11.5 Å². The van der Waals surface area contributed by atoms with Crippen LogP contribution in [0.25, 0.3) is 0 Å². The monoisotopic (exact) mass is 342 g/mol. The summed E-state index contributed by atoms with van der Waals surface area (Å²) in [4.78, 5) is 0. The van der Waals surface area contributed by atoms with Gasteiger partial charge in [-0.05, 0) is 73.2 Å². The summed E-state index contributed by atoms with van der Waals surface area (Å²) < 4.78 is 17.1. The molecule has 0 saturated carbocycles.